The lowest BCUT2D eigenvalue weighted by Gasteiger charge is -2.10. The first-order chi connectivity index (χ1) is 10.3. The minimum atomic E-state index is 1.24. The molecule has 3 aromatic carbocycles. The van der Waals surface area contributed by atoms with Crippen LogP contribution in [0.3, 0.4) is 0 Å². The Bertz CT molecular complexity index is 993. The maximum absolute atomic E-state index is 4.00. The zero-order valence-corrected chi connectivity index (χ0v) is 13.4. The van der Waals surface area contributed by atoms with E-state index in [1.54, 1.807) is 23.1 Å². The van der Waals surface area contributed by atoms with Crippen LogP contribution in [-0.2, 0) is 0 Å². The highest BCUT2D eigenvalue weighted by Crippen LogP contribution is 2.35. The van der Waals surface area contributed by atoms with Gasteiger partial charge in [0.25, 0.3) is 0 Å². The molecule has 0 saturated carbocycles. The number of thiophene rings is 1. The second-order valence-corrected chi connectivity index (χ2v) is 6.87. The average molecular weight is 306 g/mol. The normalized spacial score (nSPS) is 11.5. The standard InChI is InChI=1S/C19H14S2/c1-3-14-16-10-13-5-7-19-15(8-9-21-19)17(13)11-12(16)4-6-18(14)20-2/h3-11H,1H2,2H3. The van der Waals surface area contributed by atoms with Gasteiger partial charge in [-0.1, -0.05) is 24.8 Å². The van der Waals surface area contributed by atoms with E-state index in [0.717, 1.165) is 0 Å². The van der Waals surface area contributed by atoms with Gasteiger partial charge in [-0.15, -0.1) is 23.1 Å². The van der Waals surface area contributed by atoms with E-state index < -0.39 is 0 Å². The molecule has 2 heteroatoms. The van der Waals surface area contributed by atoms with Gasteiger partial charge in [0.1, 0.15) is 0 Å². The Morgan fingerprint density at radius 2 is 1.71 bits per heavy atom. The number of benzene rings is 3. The summed E-state index contributed by atoms with van der Waals surface area (Å²) in [4.78, 5) is 1.29. The summed E-state index contributed by atoms with van der Waals surface area (Å²) in [6.45, 7) is 4.00. The first-order valence-corrected chi connectivity index (χ1v) is 8.95. The molecular weight excluding hydrogens is 292 g/mol. The predicted molar refractivity (Wildman–Crippen MR) is 98.7 cm³/mol. The minimum absolute atomic E-state index is 1.24. The van der Waals surface area contributed by atoms with Crippen molar-refractivity contribution in [3.63, 3.8) is 0 Å². The molecule has 1 aromatic heterocycles. The quantitative estimate of drug-likeness (QED) is 0.298. The zero-order valence-electron chi connectivity index (χ0n) is 11.7. The molecule has 0 N–H and O–H groups in total. The Morgan fingerprint density at radius 1 is 0.952 bits per heavy atom. The SMILES string of the molecule is C=Cc1c(SC)ccc2cc3c(ccc4sccc43)cc12. The van der Waals surface area contributed by atoms with Crippen LogP contribution in [0.2, 0.25) is 0 Å². The van der Waals surface area contributed by atoms with Gasteiger partial charge in [0.05, 0.1) is 0 Å². The predicted octanol–water partition coefficient (Wildman–Crippen LogP) is 6.57. The molecule has 0 spiro atoms. The average Bonchev–Trinajstić information content (AvgIpc) is 3.00. The van der Waals surface area contributed by atoms with Crippen molar-refractivity contribution >= 4 is 60.8 Å². The third-order valence-electron chi connectivity index (χ3n) is 4.02. The largest absolute Gasteiger partial charge is 0.144 e. The minimum Gasteiger partial charge on any atom is -0.144 e. The smallest absolute Gasteiger partial charge is 0.0349 e. The van der Waals surface area contributed by atoms with Crippen molar-refractivity contribution in [3.05, 3.63) is 60.0 Å². The number of fused-ring (bicyclic) bond motifs is 4. The van der Waals surface area contributed by atoms with Crippen LogP contribution < -0.4 is 0 Å². The van der Waals surface area contributed by atoms with Crippen LogP contribution in [0, 0.1) is 0 Å². The molecule has 0 nitrogen and oxygen atoms in total. The molecule has 0 bridgehead atoms. The van der Waals surface area contributed by atoms with Gasteiger partial charge < -0.3 is 0 Å². The maximum Gasteiger partial charge on any atom is 0.0349 e. The van der Waals surface area contributed by atoms with E-state index in [-0.39, 0.29) is 0 Å². The molecule has 1 heterocycles. The number of rotatable bonds is 2. The fourth-order valence-electron chi connectivity index (χ4n) is 2.99. The molecule has 0 fully saturated rings. The highest BCUT2D eigenvalue weighted by molar-refractivity contribution is 7.98. The molecular formula is C19H14S2. The topological polar surface area (TPSA) is 0 Å². The van der Waals surface area contributed by atoms with Crippen LogP contribution in [0.15, 0.2) is 59.3 Å². The molecule has 0 aliphatic rings. The Balaban J connectivity index is 2.19. The molecule has 0 aliphatic carbocycles. The molecule has 21 heavy (non-hydrogen) atoms. The van der Waals surface area contributed by atoms with Crippen LogP contribution in [0.4, 0.5) is 0 Å². The van der Waals surface area contributed by atoms with Crippen molar-refractivity contribution in [2.24, 2.45) is 0 Å². The van der Waals surface area contributed by atoms with Crippen LogP contribution >= 0.6 is 23.1 Å². The third-order valence-corrected chi connectivity index (χ3v) is 5.69. The van der Waals surface area contributed by atoms with E-state index in [0.29, 0.717) is 0 Å². The summed E-state index contributed by atoms with van der Waals surface area (Å²) >= 11 is 3.58. The van der Waals surface area contributed by atoms with Gasteiger partial charge in [-0.05, 0) is 69.1 Å². The lowest BCUT2D eigenvalue weighted by atomic mass is 9.98. The summed E-state index contributed by atoms with van der Waals surface area (Å²) in [7, 11) is 0. The van der Waals surface area contributed by atoms with Gasteiger partial charge in [-0.2, -0.15) is 0 Å². The maximum atomic E-state index is 4.00. The van der Waals surface area contributed by atoms with Crippen LogP contribution in [0.1, 0.15) is 5.56 Å². The van der Waals surface area contributed by atoms with E-state index in [2.05, 4.69) is 60.7 Å². The van der Waals surface area contributed by atoms with Gasteiger partial charge in [0.2, 0.25) is 0 Å². The van der Waals surface area contributed by atoms with Gasteiger partial charge >= 0.3 is 0 Å². The van der Waals surface area contributed by atoms with Crippen molar-refractivity contribution in [1.82, 2.24) is 0 Å². The summed E-state index contributed by atoms with van der Waals surface area (Å²) < 4.78 is 1.35. The lowest BCUT2D eigenvalue weighted by Crippen LogP contribution is -1.84. The van der Waals surface area contributed by atoms with E-state index >= 15 is 0 Å². The monoisotopic (exact) mass is 306 g/mol. The van der Waals surface area contributed by atoms with E-state index in [4.69, 9.17) is 0 Å². The van der Waals surface area contributed by atoms with E-state index in [1.165, 1.54) is 42.1 Å². The number of hydrogen-bond donors (Lipinski definition) is 0. The second-order valence-electron chi connectivity index (χ2n) is 5.08. The Morgan fingerprint density at radius 3 is 2.52 bits per heavy atom. The Labute approximate surface area is 132 Å². The summed E-state index contributed by atoms with van der Waals surface area (Å²) in [5.41, 5.74) is 1.24. The number of hydrogen-bond acceptors (Lipinski definition) is 2. The van der Waals surface area contributed by atoms with Crippen LogP contribution in [0.5, 0.6) is 0 Å². The van der Waals surface area contributed by atoms with Crippen molar-refractivity contribution in [2.45, 2.75) is 4.90 Å². The highest BCUT2D eigenvalue weighted by Gasteiger charge is 2.08. The van der Waals surface area contributed by atoms with Gasteiger partial charge in [-0.3, -0.25) is 0 Å². The van der Waals surface area contributed by atoms with Crippen molar-refractivity contribution < 1.29 is 0 Å². The molecule has 0 aliphatic heterocycles. The fourth-order valence-corrected chi connectivity index (χ4v) is 4.41. The molecule has 0 saturated heterocycles. The Hall–Kier alpha value is -1.77. The molecule has 102 valence electrons. The van der Waals surface area contributed by atoms with Crippen LogP contribution in [0.25, 0.3) is 37.7 Å². The van der Waals surface area contributed by atoms with Crippen molar-refractivity contribution in [1.29, 1.82) is 0 Å². The van der Waals surface area contributed by atoms with Gasteiger partial charge in [0.15, 0.2) is 0 Å². The van der Waals surface area contributed by atoms with Crippen molar-refractivity contribution in [2.75, 3.05) is 6.26 Å². The Kier molecular flexibility index (Phi) is 3.02. The number of thioether (sulfide) groups is 1. The van der Waals surface area contributed by atoms with E-state index in [9.17, 15) is 0 Å². The fraction of sp³-hybridized carbons (Fsp3) is 0.0526. The van der Waals surface area contributed by atoms with Crippen LogP contribution in [-0.4, -0.2) is 6.26 Å². The van der Waals surface area contributed by atoms with Gasteiger partial charge in [-0.25, -0.2) is 0 Å². The second kappa shape index (κ2) is 4.90. The molecule has 0 radical (unpaired) electrons. The summed E-state index contributed by atoms with van der Waals surface area (Å²) in [5, 5.41) is 8.74. The summed E-state index contributed by atoms with van der Waals surface area (Å²) in [6, 6.07) is 15.7. The van der Waals surface area contributed by atoms with Crippen molar-refractivity contribution in [3.8, 4) is 0 Å². The van der Waals surface area contributed by atoms with Gasteiger partial charge in [0, 0.05) is 15.0 Å². The molecule has 4 rings (SSSR count). The summed E-state index contributed by atoms with van der Waals surface area (Å²) in [6.07, 6.45) is 4.09. The highest BCUT2D eigenvalue weighted by atomic mass is 32.2. The third kappa shape index (κ3) is 1.90. The summed E-state index contributed by atoms with van der Waals surface area (Å²) in [5.74, 6) is 0. The molecule has 0 amide bonds. The molecule has 4 aromatic rings. The first kappa shape index (κ1) is 12.9. The van der Waals surface area contributed by atoms with E-state index in [1.807, 2.05) is 6.08 Å². The molecule has 0 unspecified atom stereocenters. The lowest BCUT2D eigenvalue weighted by molar-refractivity contribution is 1.48. The zero-order chi connectivity index (χ0) is 14.4. The molecule has 0 atom stereocenters. The first-order valence-electron chi connectivity index (χ1n) is 6.85.